The van der Waals surface area contributed by atoms with Crippen LogP contribution in [0.5, 0.6) is 5.75 Å². The molecule has 1 aliphatic rings. The third-order valence-electron chi connectivity index (χ3n) is 3.77. The Kier molecular flexibility index (Phi) is 3.40. The molecule has 0 radical (unpaired) electrons. The van der Waals surface area contributed by atoms with Gasteiger partial charge in [-0.3, -0.25) is 4.79 Å². The van der Waals surface area contributed by atoms with E-state index in [0.717, 1.165) is 24.8 Å². The van der Waals surface area contributed by atoms with E-state index in [2.05, 4.69) is 6.07 Å². The zero-order valence-corrected chi connectivity index (χ0v) is 12.4. The van der Waals surface area contributed by atoms with Gasteiger partial charge in [0.25, 0.3) is 0 Å². The van der Waals surface area contributed by atoms with Gasteiger partial charge in [-0.25, -0.2) is 0 Å². The molecule has 0 amide bonds. The normalized spacial score (nSPS) is 12.8. The maximum atomic E-state index is 12.8. The summed E-state index contributed by atoms with van der Waals surface area (Å²) >= 11 is 1.50. The summed E-state index contributed by atoms with van der Waals surface area (Å²) in [6.07, 6.45) is 2.95. The largest absolute Gasteiger partial charge is 0.497 e. The molecule has 0 spiro atoms. The van der Waals surface area contributed by atoms with Crippen LogP contribution >= 0.6 is 11.3 Å². The van der Waals surface area contributed by atoms with E-state index in [1.54, 1.807) is 18.2 Å². The molecule has 0 unspecified atom stereocenters. The number of methoxy groups -OCH3 is 1. The number of fused-ring (bicyclic) bond motifs is 1. The minimum Gasteiger partial charge on any atom is -0.497 e. The highest BCUT2D eigenvalue weighted by molar-refractivity contribution is 7.16. The van der Waals surface area contributed by atoms with Gasteiger partial charge in [-0.1, -0.05) is 0 Å². The van der Waals surface area contributed by atoms with E-state index < -0.39 is 0 Å². The molecule has 0 saturated carbocycles. The van der Waals surface area contributed by atoms with E-state index in [0.29, 0.717) is 27.4 Å². The van der Waals surface area contributed by atoms with Crippen LogP contribution in [0.2, 0.25) is 0 Å². The van der Waals surface area contributed by atoms with Crippen LogP contribution in [0.4, 0.5) is 5.00 Å². The van der Waals surface area contributed by atoms with E-state index in [4.69, 9.17) is 10.5 Å². The highest BCUT2D eigenvalue weighted by atomic mass is 32.1. The van der Waals surface area contributed by atoms with Crippen molar-refractivity contribution in [2.45, 2.75) is 19.3 Å². The summed E-state index contributed by atoms with van der Waals surface area (Å²) < 4.78 is 5.09. The quantitative estimate of drug-likeness (QED) is 0.884. The number of nitrogens with two attached hydrogens (primary N) is 1. The van der Waals surface area contributed by atoms with Gasteiger partial charge in [-0.15, -0.1) is 11.3 Å². The molecule has 0 saturated heterocycles. The second-order valence-corrected chi connectivity index (χ2v) is 6.09. The van der Waals surface area contributed by atoms with Crippen LogP contribution in [0, 0.1) is 11.3 Å². The summed E-state index contributed by atoms with van der Waals surface area (Å²) in [6.45, 7) is 0. The lowest BCUT2D eigenvalue weighted by Gasteiger charge is -2.07. The summed E-state index contributed by atoms with van der Waals surface area (Å²) in [6, 6.07) is 6.97. The first-order chi connectivity index (χ1) is 10.2. The summed E-state index contributed by atoms with van der Waals surface area (Å²) in [7, 11) is 1.53. The molecule has 1 aromatic heterocycles. The molecule has 1 aromatic carbocycles. The first kappa shape index (κ1) is 13.7. The van der Waals surface area contributed by atoms with Crippen molar-refractivity contribution in [1.82, 2.24) is 0 Å². The highest BCUT2D eigenvalue weighted by Gasteiger charge is 2.27. The zero-order valence-electron chi connectivity index (χ0n) is 11.6. The SMILES string of the molecule is COc1ccc(C(=O)c2c(N)sc3c2CCC3)c(C#N)c1. The predicted octanol–water partition coefficient (Wildman–Crippen LogP) is 2.93. The number of nitrogens with zero attached hydrogens (tertiary/aromatic N) is 1. The lowest BCUT2D eigenvalue weighted by Crippen LogP contribution is -2.08. The number of hydrogen-bond acceptors (Lipinski definition) is 5. The van der Waals surface area contributed by atoms with Gasteiger partial charge >= 0.3 is 0 Å². The standard InChI is InChI=1S/C16H14N2O2S/c1-20-10-5-6-11(9(7-10)8-17)15(19)14-12-3-2-4-13(12)21-16(14)18/h5-7H,2-4,18H2,1H3. The number of rotatable bonds is 3. The van der Waals surface area contributed by atoms with E-state index in [1.807, 2.05) is 0 Å². The number of benzene rings is 1. The molecule has 106 valence electrons. The van der Waals surface area contributed by atoms with Crippen molar-refractivity contribution in [2.75, 3.05) is 12.8 Å². The van der Waals surface area contributed by atoms with Crippen LogP contribution in [0.1, 0.15) is 38.3 Å². The average Bonchev–Trinajstić information content (AvgIpc) is 3.05. The number of carbonyl (C=O) groups excluding carboxylic acids is 1. The lowest BCUT2D eigenvalue weighted by atomic mass is 9.96. The average molecular weight is 298 g/mol. The summed E-state index contributed by atoms with van der Waals surface area (Å²) in [5.41, 5.74) is 8.39. The van der Waals surface area contributed by atoms with Gasteiger partial charge in [0.15, 0.2) is 5.78 Å². The number of hydrogen-bond donors (Lipinski definition) is 1. The molecule has 0 aliphatic heterocycles. The number of ether oxygens (including phenoxy) is 1. The van der Waals surface area contributed by atoms with Gasteiger partial charge in [0.05, 0.1) is 23.2 Å². The van der Waals surface area contributed by atoms with Gasteiger partial charge < -0.3 is 10.5 Å². The van der Waals surface area contributed by atoms with Crippen molar-refractivity contribution < 1.29 is 9.53 Å². The van der Waals surface area contributed by atoms with Crippen LogP contribution in [-0.2, 0) is 12.8 Å². The number of anilines is 1. The van der Waals surface area contributed by atoms with E-state index in [1.165, 1.54) is 23.3 Å². The van der Waals surface area contributed by atoms with Crippen molar-refractivity contribution in [2.24, 2.45) is 0 Å². The van der Waals surface area contributed by atoms with Gasteiger partial charge in [0.1, 0.15) is 11.8 Å². The van der Waals surface area contributed by atoms with Crippen molar-refractivity contribution in [3.8, 4) is 11.8 Å². The Bertz CT molecular complexity index is 771. The summed E-state index contributed by atoms with van der Waals surface area (Å²) in [4.78, 5) is 14.0. The Morgan fingerprint density at radius 2 is 2.24 bits per heavy atom. The molecule has 2 N–H and O–H groups in total. The molecule has 4 nitrogen and oxygen atoms in total. The van der Waals surface area contributed by atoms with Crippen molar-refractivity contribution in [3.05, 3.63) is 45.3 Å². The number of thiophene rings is 1. The molecular weight excluding hydrogens is 284 g/mol. The lowest BCUT2D eigenvalue weighted by molar-refractivity contribution is 0.103. The van der Waals surface area contributed by atoms with Gasteiger partial charge in [-0.05, 0) is 43.0 Å². The maximum absolute atomic E-state index is 12.8. The van der Waals surface area contributed by atoms with Crippen LogP contribution in [0.25, 0.3) is 0 Å². The molecule has 5 heteroatoms. The number of ketones is 1. The molecule has 0 bridgehead atoms. The predicted molar refractivity (Wildman–Crippen MR) is 81.9 cm³/mol. The Labute approximate surface area is 126 Å². The third-order valence-corrected chi connectivity index (χ3v) is 4.89. The van der Waals surface area contributed by atoms with Crippen LogP contribution in [0.15, 0.2) is 18.2 Å². The first-order valence-corrected chi connectivity index (χ1v) is 7.50. The molecular formula is C16H14N2O2S. The molecule has 0 atom stereocenters. The fraction of sp³-hybridized carbons (Fsp3) is 0.250. The van der Waals surface area contributed by atoms with E-state index in [9.17, 15) is 10.1 Å². The molecule has 1 aliphatic carbocycles. The molecule has 21 heavy (non-hydrogen) atoms. The second kappa shape index (κ2) is 5.23. The molecule has 3 rings (SSSR count). The third kappa shape index (κ3) is 2.18. The fourth-order valence-electron chi connectivity index (χ4n) is 2.75. The Hall–Kier alpha value is -2.32. The van der Waals surface area contributed by atoms with Crippen molar-refractivity contribution in [1.29, 1.82) is 5.26 Å². The fourth-order valence-corrected chi connectivity index (χ4v) is 3.91. The summed E-state index contributed by atoms with van der Waals surface area (Å²) in [5.74, 6) is 0.401. The Morgan fingerprint density at radius 3 is 2.95 bits per heavy atom. The van der Waals surface area contributed by atoms with E-state index >= 15 is 0 Å². The summed E-state index contributed by atoms with van der Waals surface area (Å²) in [5, 5.41) is 9.82. The van der Waals surface area contributed by atoms with E-state index in [-0.39, 0.29) is 5.78 Å². The van der Waals surface area contributed by atoms with Crippen molar-refractivity contribution in [3.63, 3.8) is 0 Å². The Balaban J connectivity index is 2.10. The maximum Gasteiger partial charge on any atom is 0.197 e. The molecule has 2 aromatic rings. The topological polar surface area (TPSA) is 76.1 Å². The van der Waals surface area contributed by atoms with Crippen LogP contribution in [0.3, 0.4) is 0 Å². The van der Waals surface area contributed by atoms with Crippen LogP contribution < -0.4 is 10.5 Å². The smallest absolute Gasteiger partial charge is 0.197 e. The minimum atomic E-state index is -0.161. The molecule has 1 heterocycles. The zero-order chi connectivity index (χ0) is 15.0. The second-order valence-electron chi connectivity index (χ2n) is 4.95. The molecule has 0 fully saturated rings. The van der Waals surface area contributed by atoms with Crippen molar-refractivity contribution >= 4 is 22.1 Å². The number of nitriles is 1. The number of nitrogen functional groups attached to an aromatic ring is 1. The highest BCUT2D eigenvalue weighted by Crippen LogP contribution is 2.38. The number of aryl methyl sites for hydroxylation is 1. The van der Waals surface area contributed by atoms with Crippen LogP contribution in [-0.4, -0.2) is 12.9 Å². The Morgan fingerprint density at radius 1 is 1.43 bits per heavy atom. The van der Waals surface area contributed by atoms with Gasteiger partial charge in [0, 0.05) is 10.4 Å². The van der Waals surface area contributed by atoms with Gasteiger partial charge in [-0.2, -0.15) is 5.26 Å². The minimum absolute atomic E-state index is 0.161. The first-order valence-electron chi connectivity index (χ1n) is 6.68. The number of carbonyl (C=O) groups is 1. The van der Waals surface area contributed by atoms with Gasteiger partial charge in [0.2, 0.25) is 0 Å². The monoisotopic (exact) mass is 298 g/mol.